The molecule has 2 unspecified atom stereocenters. The third kappa shape index (κ3) is 4.29. The summed E-state index contributed by atoms with van der Waals surface area (Å²) in [6.45, 7) is 3.15. The van der Waals surface area contributed by atoms with Crippen molar-refractivity contribution in [3.8, 4) is 5.75 Å². The molecule has 4 heteroatoms. The SMILES string of the molecule is CCC(N)C(OCCOC)c1cccc(OC)c1. The molecule has 1 rings (SSSR count). The van der Waals surface area contributed by atoms with Crippen molar-refractivity contribution >= 4 is 0 Å². The summed E-state index contributed by atoms with van der Waals surface area (Å²) < 4.78 is 16.0. The minimum Gasteiger partial charge on any atom is -0.497 e. The molecule has 0 aromatic heterocycles. The van der Waals surface area contributed by atoms with Crippen LogP contribution in [-0.4, -0.2) is 33.5 Å². The van der Waals surface area contributed by atoms with Crippen molar-refractivity contribution in [2.75, 3.05) is 27.4 Å². The van der Waals surface area contributed by atoms with Crippen molar-refractivity contribution in [3.05, 3.63) is 29.8 Å². The Labute approximate surface area is 109 Å². The Kier molecular flexibility index (Phi) is 6.72. The van der Waals surface area contributed by atoms with Crippen LogP contribution in [0.25, 0.3) is 0 Å². The Hall–Kier alpha value is -1.10. The lowest BCUT2D eigenvalue weighted by Crippen LogP contribution is -2.30. The predicted molar refractivity (Wildman–Crippen MR) is 71.8 cm³/mol. The van der Waals surface area contributed by atoms with Crippen LogP contribution in [0, 0.1) is 0 Å². The molecule has 0 spiro atoms. The highest BCUT2D eigenvalue weighted by atomic mass is 16.5. The van der Waals surface area contributed by atoms with Crippen LogP contribution in [0.3, 0.4) is 0 Å². The first-order valence-corrected chi connectivity index (χ1v) is 6.23. The van der Waals surface area contributed by atoms with Crippen LogP contribution in [0.15, 0.2) is 24.3 Å². The smallest absolute Gasteiger partial charge is 0.119 e. The maximum Gasteiger partial charge on any atom is 0.119 e. The normalized spacial score (nSPS) is 14.2. The van der Waals surface area contributed by atoms with Gasteiger partial charge in [-0.3, -0.25) is 0 Å². The molecule has 0 radical (unpaired) electrons. The molecule has 0 aliphatic carbocycles. The zero-order valence-electron chi connectivity index (χ0n) is 11.4. The Bertz CT molecular complexity index is 344. The van der Waals surface area contributed by atoms with Gasteiger partial charge in [0.2, 0.25) is 0 Å². The minimum atomic E-state index is -0.125. The van der Waals surface area contributed by atoms with Crippen molar-refractivity contribution in [2.45, 2.75) is 25.5 Å². The Morgan fingerprint density at radius 2 is 2.00 bits per heavy atom. The molecule has 1 aromatic carbocycles. The highest BCUT2D eigenvalue weighted by Gasteiger charge is 2.19. The van der Waals surface area contributed by atoms with E-state index in [0.29, 0.717) is 13.2 Å². The molecular weight excluding hydrogens is 230 g/mol. The fourth-order valence-corrected chi connectivity index (χ4v) is 1.76. The second-order valence-corrected chi connectivity index (χ2v) is 4.13. The van der Waals surface area contributed by atoms with E-state index in [0.717, 1.165) is 17.7 Å². The molecule has 4 nitrogen and oxygen atoms in total. The average Bonchev–Trinajstić information content (AvgIpc) is 2.43. The van der Waals surface area contributed by atoms with E-state index >= 15 is 0 Å². The molecule has 0 fully saturated rings. The fraction of sp³-hybridized carbons (Fsp3) is 0.571. The van der Waals surface area contributed by atoms with E-state index in [2.05, 4.69) is 6.92 Å². The molecule has 0 bridgehead atoms. The standard InChI is InChI=1S/C14H23NO3/c1-4-13(15)14(18-9-8-16-2)11-6-5-7-12(10-11)17-3/h5-7,10,13-14H,4,8-9,15H2,1-3H3. The van der Waals surface area contributed by atoms with Crippen LogP contribution >= 0.6 is 0 Å². The number of nitrogens with two attached hydrogens (primary N) is 1. The van der Waals surface area contributed by atoms with Crippen LogP contribution in [0.2, 0.25) is 0 Å². The van der Waals surface area contributed by atoms with E-state index < -0.39 is 0 Å². The maximum absolute atomic E-state index is 6.12. The third-order valence-corrected chi connectivity index (χ3v) is 2.87. The molecule has 0 amide bonds. The lowest BCUT2D eigenvalue weighted by molar-refractivity contribution is 0.00264. The topological polar surface area (TPSA) is 53.7 Å². The van der Waals surface area contributed by atoms with Gasteiger partial charge in [0.1, 0.15) is 5.75 Å². The fourth-order valence-electron chi connectivity index (χ4n) is 1.76. The molecule has 0 aliphatic rings. The quantitative estimate of drug-likeness (QED) is 0.721. The van der Waals surface area contributed by atoms with Gasteiger partial charge in [-0.05, 0) is 24.1 Å². The van der Waals surface area contributed by atoms with Gasteiger partial charge in [0, 0.05) is 13.2 Å². The van der Waals surface area contributed by atoms with E-state index in [9.17, 15) is 0 Å². The number of rotatable bonds is 8. The summed E-state index contributed by atoms with van der Waals surface area (Å²) in [5.41, 5.74) is 7.16. The van der Waals surface area contributed by atoms with Crippen molar-refractivity contribution in [2.24, 2.45) is 5.73 Å². The third-order valence-electron chi connectivity index (χ3n) is 2.87. The van der Waals surface area contributed by atoms with Crippen molar-refractivity contribution in [3.63, 3.8) is 0 Å². The van der Waals surface area contributed by atoms with E-state index in [1.807, 2.05) is 24.3 Å². The number of ether oxygens (including phenoxy) is 3. The molecule has 0 aliphatic heterocycles. The van der Waals surface area contributed by atoms with Gasteiger partial charge in [0.05, 0.1) is 26.4 Å². The van der Waals surface area contributed by atoms with Crippen LogP contribution < -0.4 is 10.5 Å². The summed E-state index contributed by atoms with van der Waals surface area (Å²) in [5, 5.41) is 0. The minimum absolute atomic E-state index is 0.0334. The monoisotopic (exact) mass is 253 g/mol. The molecular formula is C14H23NO3. The van der Waals surface area contributed by atoms with Gasteiger partial charge in [0.15, 0.2) is 0 Å². The first-order chi connectivity index (χ1) is 8.72. The number of hydrogen-bond donors (Lipinski definition) is 1. The molecule has 2 N–H and O–H groups in total. The number of methoxy groups -OCH3 is 2. The molecule has 0 saturated carbocycles. The number of hydrogen-bond acceptors (Lipinski definition) is 4. The zero-order chi connectivity index (χ0) is 13.4. The van der Waals surface area contributed by atoms with Gasteiger partial charge in [-0.15, -0.1) is 0 Å². The van der Waals surface area contributed by atoms with Crippen LogP contribution in [0.5, 0.6) is 5.75 Å². The van der Waals surface area contributed by atoms with Gasteiger partial charge >= 0.3 is 0 Å². The van der Waals surface area contributed by atoms with E-state index in [1.54, 1.807) is 14.2 Å². The van der Waals surface area contributed by atoms with E-state index in [1.165, 1.54) is 0 Å². The second kappa shape index (κ2) is 8.08. The van der Waals surface area contributed by atoms with Gasteiger partial charge in [0.25, 0.3) is 0 Å². The number of benzene rings is 1. The summed E-state index contributed by atoms with van der Waals surface area (Å²) in [7, 11) is 3.31. The highest BCUT2D eigenvalue weighted by Crippen LogP contribution is 2.25. The largest absolute Gasteiger partial charge is 0.497 e. The molecule has 2 atom stereocenters. The Morgan fingerprint density at radius 1 is 1.22 bits per heavy atom. The Morgan fingerprint density at radius 3 is 2.61 bits per heavy atom. The van der Waals surface area contributed by atoms with Gasteiger partial charge in [-0.25, -0.2) is 0 Å². The van der Waals surface area contributed by atoms with Crippen molar-refractivity contribution in [1.29, 1.82) is 0 Å². The second-order valence-electron chi connectivity index (χ2n) is 4.13. The lowest BCUT2D eigenvalue weighted by atomic mass is 10.0. The van der Waals surface area contributed by atoms with Crippen molar-refractivity contribution < 1.29 is 14.2 Å². The first kappa shape index (κ1) is 15.0. The predicted octanol–water partition coefficient (Wildman–Crippen LogP) is 2.14. The maximum atomic E-state index is 6.12. The van der Waals surface area contributed by atoms with Crippen LogP contribution in [0.4, 0.5) is 0 Å². The zero-order valence-corrected chi connectivity index (χ0v) is 11.4. The van der Waals surface area contributed by atoms with Crippen LogP contribution in [-0.2, 0) is 9.47 Å². The van der Waals surface area contributed by atoms with E-state index in [-0.39, 0.29) is 12.1 Å². The van der Waals surface area contributed by atoms with E-state index in [4.69, 9.17) is 19.9 Å². The molecule has 18 heavy (non-hydrogen) atoms. The lowest BCUT2D eigenvalue weighted by Gasteiger charge is -2.24. The van der Waals surface area contributed by atoms with Crippen molar-refractivity contribution in [1.82, 2.24) is 0 Å². The Balaban J connectivity index is 2.79. The molecule has 0 saturated heterocycles. The summed E-state index contributed by atoms with van der Waals surface area (Å²) in [5.74, 6) is 0.816. The average molecular weight is 253 g/mol. The summed E-state index contributed by atoms with van der Waals surface area (Å²) >= 11 is 0. The molecule has 1 aromatic rings. The summed E-state index contributed by atoms with van der Waals surface area (Å²) in [6.07, 6.45) is 0.731. The van der Waals surface area contributed by atoms with Crippen LogP contribution in [0.1, 0.15) is 25.0 Å². The van der Waals surface area contributed by atoms with Gasteiger partial charge in [-0.2, -0.15) is 0 Å². The summed E-state index contributed by atoms with van der Waals surface area (Å²) in [6, 6.07) is 7.80. The van der Waals surface area contributed by atoms with Gasteiger partial charge < -0.3 is 19.9 Å². The molecule has 0 heterocycles. The summed E-state index contributed by atoms with van der Waals surface area (Å²) in [4.78, 5) is 0. The van der Waals surface area contributed by atoms with Gasteiger partial charge in [-0.1, -0.05) is 19.1 Å². The first-order valence-electron chi connectivity index (χ1n) is 6.23. The molecule has 102 valence electrons. The highest BCUT2D eigenvalue weighted by molar-refractivity contribution is 5.30.